The quantitative estimate of drug-likeness (QED) is 0.622. The third kappa shape index (κ3) is 4.64. The Hall–Kier alpha value is -2.81. The SMILES string of the molecule is Cc1cc(-c2nc(C3CCCCC3)n(CC(=O)N3CCc4nc(N)sc4CC3)n2)ccc1F. The van der Waals surface area contributed by atoms with Gasteiger partial charge in [-0.2, -0.15) is 5.10 Å². The molecule has 1 aliphatic heterocycles. The van der Waals surface area contributed by atoms with Crippen molar-refractivity contribution in [3.63, 3.8) is 0 Å². The van der Waals surface area contributed by atoms with Crippen LogP contribution in [0.4, 0.5) is 9.52 Å². The van der Waals surface area contributed by atoms with Crippen LogP contribution < -0.4 is 5.73 Å². The summed E-state index contributed by atoms with van der Waals surface area (Å²) < 4.78 is 15.6. The zero-order valence-corrected chi connectivity index (χ0v) is 19.7. The molecule has 7 nitrogen and oxygen atoms in total. The topological polar surface area (TPSA) is 89.9 Å². The first-order valence-electron chi connectivity index (χ1n) is 11.7. The van der Waals surface area contributed by atoms with Crippen molar-refractivity contribution in [1.29, 1.82) is 0 Å². The van der Waals surface area contributed by atoms with Crippen molar-refractivity contribution in [1.82, 2.24) is 24.6 Å². The Kier molecular flexibility index (Phi) is 6.14. The first kappa shape index (κ1) is 22.0. The number of halogens is 1. The fourth-order valence-electron chi connectivity index (χ4n) is 4.90. The van der Waals surface area contributed by atoms with E-state index >= 15 is 0 Å². The molecular formula is C24H29FN6OS. The Morgan fingerprint density at radius 2 is 1.97 bits per heavy atom. The van der Waals surface area contributed by atoms with E-state index in [4.69, 9.17) is 15.8 Å². The number of anilines is 1. The van der Waals surface area contributed by atoms with Crippen LogP contribution in [0.5, 0.6) is 0 Å². The van der Waals surface area contributed by atoms with Gasteiger partial charge in [0.1, 0.15) is 18.2 Å². The summed E-state index contributed by atoms with van der Waals surface area (Å²) in [6, 6.07) is 4.93. The van der Waals surface area contributed by atoms with E-state index in [1.807, 2.05) is 4.90 Å². The van der Waals surface area contributed by atoms with Gasteiger partial charge in [-0.1, -0.05) is 19.3 Å². The number of carbonyl (C=O) groups is 1. The lowest BCUT2D eigenvalue weighted by Gasteiger charge is -2.23. The normalized spacial score (nSPS) is 17.1. The first-order chi connectivity index (χ1) is 16.0. The number of hydrogen-bond donors (Lipinski definition) is 1. The van der Waals surface area contributed by atoms with E-state index in [9.17, 15) is 9.18 Å². The lowest BCUT2D eigenvalue weighted by molar-refractivity contribution is -0.132. The molecule has 3 aromatic rings. The van der Waals surface area contributed by atoms with E-state index in [0.29, 0.717) is 35.5 Å². The molecule has 1 fully saturated rings. The van der Waals surface area contributed by atoms with Crippen molar-refractivity contribution >= 4 is 22.4 Å². The number of hydrogen-bond acceptors (Lipinski definition) is 6. The molecule has 2 N–H and O–H groups in total. The molecule has 0 bridgehead atoms. The van der Waals surface area contributed by atoms with Gasteiger partial charge in [0.15, 0.2) is 11.0 Å². The number of amides is 1. The number of thiazole rings is 1. The van der Waals surface area contributed by atoms with Crippen LogP contribution in [-0.2, 0) is 24.2 Å². The number of aryl methyl sites for hydroxylation is 1. The van der Waals surface area contributed by atoms with Crippen LogP contribution in [0.1, 0.15) is 60.0 Å². The molecule has 174 valence electrons. The van der Waals surface area contributed by atoms with Crippen molar-refractivity contribution in [2.75, 3.05) is 18.8 Å². The molecule has 0 saturated heterocycles. The van der Waals surface area contributed by atoms with Crippen molar-refractivity contribution < 1.29 is 9.18 Å². The predicted molar refractivity (Wildman–Crippen MR) is 126 cm³/mol. The minimum Gasteiger partial charge on any atom is -0.375 e. The van der Waals surface area contributed by atoms with Crippen LogP contribution in [0.25, 0.3) is 11.4 Å². The van der Waals surface area contributed by atoms with Crippen molar-refractivity contribution in [2.24, 2.45) is 0 Å². The Bertz CT molecular complexity index is 1140. The van der Waals surface area contributed by atoms with E-state index in [2.05, 4.69) is 4.98 Å². The molecule has 1 aliphatic carbocycles. The number of benzene rings is 1. The molecule has 9 heteroatoms. The van der Waals surface area contributed by atoms with Crippen LogP contribution in [0.15, 0.2) is 18.2 Å². The highest BCUT2D eigenvalue weighted by Gasteiger charge is 2.27. The molecule has 1 amide bonds. The molecular weight excluding hydrogens is 439 g/mol. The number of aromatic nitrogens is 4. The second-order valence-electron chi connectivity index (χ2n) is 9.05. The average Bonchev–Trinajstić information content (AvgIpc) is 3.33. The van der Waals surface area contributed by atoms with E-state index in [0.717, 1.165) is 42.8 Å². The molecule has 3 heterocycles. The maximum Gasteiger partial charge on any atom is 0.244 e. The van der Waals surface area contributed by atoms with E-state index < -0.39 is 0 Å². The van der Waals surface area contributed by atoms with Gasteiger partial charge in [-0.25, -0.2) is 19.0 Å². The largest absolute Gasteiger partial charge is 0.375 e. The fourth-order valence-corrected chi connectivity index (χ4v) is 5.77. The number of rotatable bonds is 4. The van der Waals surface area contributed by atoms with Crippen molar-refractivity contribution in [3.05, 3.63) is 46.0 Å². The third-order valence-corrected chi connectivity index (χ3v) is 7.73. The van der Waals surface area contributed by atoms with Crippen LogP contribution >= 0.6 is 11.3 Å². The van der Waals surface area contributed by atoms with Crippen molar-refractivity contribution in [2.45, 2.75) is 64.3 Å². The van der Waals surface area contributed by atoms with E-state index in [-0.39, 0.29) is 18.3 Å². The highest BCUT2D eigenvalue weighted by atomic mass is 32.1. The van der Waals surface area contributed by atoms with Gasteiger partial charge in [0.25, 0.3) is 0 Å². The Balaban J connectivity index is 1.38. The molecule has 0 radical (unpaired) electrons. The van der Waals surface area contributed by atoms with Crippen LogP contribution in [-0.4, -0.2) is 43.6 Å². The number of nitrogens with two attached hydrogens (primary N) is 1. The zero-order chi connectivity index (χ0) is 22.9. The smallest absolute Gasteiger partial charge is 0.244 e. The molecule has 0 spiro atoms. The second-order valence-corrected chi connectivity index (χ2v) is 10.2. The van der Waals surface area contributed by atoms with Crippen LogP contribution in [0, 0.1) is 12.7 Å². The van der Waals surface area contributed by atoms with Crippen LogP contribution in [0.2, 0.25) is 0 Å². The van der Waals surface area contributed by atoms with Gasteiger partial charge in [-0.3, -0.25) is 4.79 Å². The van der Waals surface area contributed by atoms with Gasteiger partial charge < -0.3 is 10.6 Å². The van der Waals surface area contributed by atoms with Crippen LogP contribution in [0.3, 0.4) is 0 Å². The lowest BCUT2D eigenvalue weighted by Crippen LogP contribution is -2.36. The summed E-state index contributed by atoms with van der Waals surface area (Å²) in [4.78, 5) is 25.6. The molecule has 5 rings (SSSR count). The minimum atomic E-state index is -0.244. The number of carbonyl (C=O) groups excluding carboxylic acids is 1. The van der Waals surface area contributed by atoms with Gasteiger partial charge in [0.05, 0.1) is 5.69 Å². The number of fused-ring (bicyclic) bond motifs is 1. The van der Waals surface area contributed by atoms with Gasteiger partial charge in [0, 0.05) is 42.3 Å². The standard InChI is InChI=1S/C24H29FN6OS/c1-15-13-17(7-8-18(15)25)22-28-23(16-5-3-2-4-6-16)31(29-22)14-21(32)30-11-9-19-20(10-12-30)33-24(26)27-19/h7-8,13,16H,2-6,9-12,14H2,1H3,(H2,26,27). The fraction of sp³-hybridized carbons (Fsp3) is 0.500. The molecule has 33 heavy (non-hydrogen) atoms. The summed E-state index contributed by atoms with van der Waals surface area (Å²) in [5.41, 5.74) is 8.21. The summed E-state index contributed by atoms with van der Waals surface area (Å²) in [5.74, 6) is 1.54. The lowest BCUT2D eigenvalue weighted by atomic mass is 9.88. The Morgan fingerprint density at radius 3 is 2.76 bits per heavy atom. The zero-order valence-electron chi connectivity index (χ0n) is 18.9. The Morgan fingerprint density at radius 1 is 1.18 bits per heavy atom. The summed E-state index contributed by atoms with van der Waals surface area (Å²) >= 11 is 1.52. The highest BCUT2D eigenvalue weighted by Crippen LogP contribution is 2.33. The van der Waals surface area contributed by atoms with E-state index in [1.54, 1.807) is 23.7 Å². The van der Waals surface area contributed by atoms with Crippen molar-refractivity contribution in [3.8, 4) is 11.4 Å². The first-order valence-corrected chi connectivity index (χ1v) is 12.5. The summed E-state index contributed by atoms with van der Waals surface area (Å²) in [6.07, 6.45) is 7.20. The molecule has 2 aliphatic rings. The second kappa shape index (κ2) is 9.21. The van der Waals surface area contributed by atoms with Gasteiger partial charge in [-0.15, -0.1) is 11.3 Å². The molecule has 0 unspecified atom stereocenters. The number of nitrogen functional groups attached to an aromatic ring is 1. The van der Waals surface area contributed by atoms with Gasteiger partial charge >= 0.3 is 0 Å². The number of nitrogens with zero attached hydrogens (tertiary/aromatic N) is 5. The predicted octanol–water partition coefficient (Wildman–Crippen LogP) is 4.11. The van der Waals surface area contributed by atoms with E-state index in [1.165, 1.54) is 41.5 Å². The summed E-state index contributed by atoms with van der Waals surface area (Å²) in [7, 11) is 0. The van der Waals surface area contributed by atoms with Gasteiger partial charge in [-0.05, 0) is 43.5 Å². The van der Waals surface area contributed by atoms with Gasteiger partial charge in [0.2, 0.25) is 5.91 Å². The molecule has 1 aromatic carbocycles. The monoisotopic (exact) mass is 468 g/mol. The third-order valence-electron chi connectivity index (χ3n) is 6.75. The average molecular weight is 469 g/mol. The Labute approximate surface area is 196 Å². The molecule has 0 atom stereocenters. The summed E-state index contributed by atoms with van der Waals surface area (Å²) in [5, 5.41) is 5.33. The maximum atomic E-state index is 13.8. The molecule has 1 saturated carbocycles. The molecule has 2 aromatic heterocycles. The summed E-state index contributed by atoms with van der Waals surface area (Å²) in [6.45, 7) is 3.20. The highest BCUT2D eigenvalue weighted by molar-refractivity contribution is 7.15. The minimum absolute atomic E-state index is 0.0434. The maximum absolute atomic E-state index is 13.8.